The summed E-state index contributed by atoms with van der Waals surface area (Å²) in [6.07, 6.45) is -0.180. The van der Waals surface area contributed by atoms with E-state index in [9.17, 15) is 8.78 Å². The van der Waals surface area contributed by atoms with Crippen LogP contribution in [0.2, 0.25) is 0 Å². The minimum atomic E-state index is -2.43. The molecule has 21 heavy (non-hydrogen) atoms. The highest BCUT2D eigenvalue weighted by molar-refractivity contribution is 5.27. The molecule has 0 saturated heterocycles. The molecule has 0 radical (unpaired) electrons. The summed E-state index contributed by atoms with van der Waals surface area (Å²) in [5.74, 6) is 0.622. The van der Waals surface area contributed by atoms with Crippen LogP contribution in [-0.2, 0) is 0 Å². The van der Waals surface area contributed by atoms with Crippen molar-refractivity contribution in [1.29, 1.82) is 0 Å². The summed E-state index contributed by atoms with van der Waals surface area (Å²) in [6, 6.07) is 6.68. The molecule has 1 atom stereocenters. The number of halogens is 2. The number of hydrogen-bond donors (Lipinski definition) is 1. The highest BCUT2D eigenvalue weighted by atomic mass is 19.3. The normalized spacial score (nSPS) is 13.4. The van der Waals surface area contributed by atoms with Gasteiger partial charge in [-0.05, 0) is 24.1 Å². The topological polar surface area (TPSA) is 29.3 Å². The summed E-state index contributed by atoms with van der Waals surface area (Å²) in [6.45, 7) is 8.76. The highest BCUT2D eigenvalue weighted by Gasteiger charge is 2.21. The second-order valence-corrected chi connectivity index (χ2v) is 5.49. The van der Waals surface area contributed by atoms with Gasteiger partial charge in [0.15, 0.2) is 0 Å². The van der Waals surface area contributed by atoms with Gasteiger partial charge in [-0.3, -0.25) is 4.90 Å². The van der Waals surface area contributed by atoms with E-state index < -0.39 is 6.43 Å². The van der Waals surface area contributed by atoms with Crippen LogP contribution in [-0.4, -0.2) is 24.5 Å². The Kier molecular flexibility index (Phi) is 7.83. The molecule has 0 spiro atoms. The molecule has 4 heteroatoms. The van der Waals surface area contributed by atoms with Crippen LogP contribution in [0.15, 0.2) is 24.3 Å². The van der Waals surface area contributed by atoms with E-state index in [1.165, 1.54) is 6.07 Å². The van der Waals surface area contributed by atoms with Crippen LogP contribution in [0.1, 0.15) is 57.2 Å². The Balaban J connectivity index is 2.95. The van der Waals surface area contributed by atoms with Crippen molar-refractivity contribution >= 4 is 0 Å². The Morgan fingerprint density at radius 2 is 1.71 bits per heavy atom. The third-order valence-corrected chi connectivity index (χ3v) is 4.27. The number of nitrogens with two attached hydrogens (primary N) is 1. The Labute approximate surface area is 127 Å². The van der Waals surface area contributed by atoms with Gasteiger partial charge in [0.2, 0.25) is 0 Å². The maximum Gasteiger partial charge on any atom is 0.263 e. The first-order chi connectivity index (χ1) is 10.1. The summed E-state index contributed by atoms with van der Waals surface area (Å²) in [5, 5.41) is 0. The molecule has 0 aliphatic rings. The number of rotatable bonds is 9. The summed E-state index contributed by atoms with van der Waals surface area (Å²) < 4.78 is 25.7. The largest absolute Gasteiger partial charge is 0.329 e. The van der Waals surface area contributed by atoms with Gasteiger partial charge in [0.25, 0.3) is 6.43 Å². The van der Waals surface area contributed by atoms with Gasteiger partial charge < -0.3 is 5.73 Å². The molecule has 1 aromatic carbocycles. The van der Waals surface area contributed by atoms with E-state index in [0.29, 0.717) is 12.5 Å². The third-order valence-electron chi connectivity index (χ3n) is 4.27. The van der Waals surface area contributed by atoms with Gasteiger partial charge in [0.05, 0.1) is 0 Å². The monoisotopic (exact) mass is 298 g/mol. The van der Waals surface area contributed by atoms with Crippen molar-refractivity contribution in [2.75, 3.05) is 19.6 Å². The lowest BCUT2D eigenvalue weighted by atomic mass is 9.98. The minimum absolute atomic E-state index is 0.00861. The summed E-state index contributed by atoms with van der Waals surface area (Å²) in [4.78, 5) is 2.31. The van der Waals surface area contributed by atoms with Crippen molar-refractivity contribution in [3.8, 4) is 0 Å². The zero-order chi connectivity index (χ0) is 15.8. The lowest BCUT2D eigenvalue weighted by molar-refractivity contribution is 0.150. The second-order valence-electron chi connectivity index (χ2n) is 5.49. The van der Waals surface area contributed by atoms with Crippen molar-refractivity contribution in [3.05, 3.63) is 35.4 Å². The standard InChI is InChI=1S/C17H28F2N2/c1-4-13(5-2)12-21(6-3)16(11-20)14-8-7-9-15(10-14)17(18)19/h7-10,13,16-17H,4-6,11-12,20H2,1-3H3. The molecule has 0 amide bonds. The molecule has 1 rings (SSSR count). The highest BCUT2D eigenvalue weighted by Crippen LogP contribution is 2.26. The molecule has 0 saturated carbocycles. The predicted octanol–water partition coefficient (Wildman–Crippen LogP) is 4.38. The molecule has 0 aromatic heterocycles. The minimum Gasteiger partial charge on any atom is -0.329 e. The third kappa shape index (κ3) is 5.04. The maximum absolute atomic E-state index is 12.9. The van der Waals surface area contributed by atoms with Gasteiger partial charge >= 0.3 is 0 Å². The molecular weight excluding hydrogens is 270 g/mol. The van der Waals surface area contributed by atoms with Crippen molar-refractivity contribution in [3.63, 3.8) is 0 Å². The van der Waals surface area contributed by atoms with Crippen LogP contribution >= 0.6 is 0 Å². The average Bonchev–Trinajstić information content (AvgIpc) is 2.51. The van der Waals surface area contributed by atoms with Gasteiger partial charge in [-0.25, -0.2) is 8.78 Å². The Bertz CT molecular complexity index is 406. The lowest BCUT2D eigenvalue weighted by Gasteiger charge is -2.33. The smallest absolute Gasteiger partial charge is 0.263 e. The molecule has 120 valence electrons. The fraction of sp³-hybridized carbons (Fsp3) is 0.647. The number of likely N-dealkylation sites (N-methyl/N-ethyl adjacent to an activating group) is 1. The number of alkyl halides is 2. The molecule has 0 aliphatic heterocycles. The fourth-order valence-corrected chi connectivity index (χ4v) is 2.75. The number of benzene rings is 1. The second kappa shape index (κ2) is 9.11. The van der Waals surface area contributed by atoms with Gasteiger partial charge in [0, 0.05) is 24.7 Å². The average molecular weight is 298 g/mol. The van der Waals surface area contributed by atoms with E-state index >= 15 is 0 Å². The first-order valence-corrected chi connectivity index (χ1v) is 7.89. The van der Waals surface area contributed by atoms with Crippen LogP contribution in [0.3, 0.4) is 0 Å². The van der Waals surface area contributed by atoms with Crippen LogP contribution in [0, 0.1) is 5.92 Å². The van der Waals surface area contributed by atoms with E-state index in [-0.39, 0.29) is 11.6 Å². The first kappa shape index (κ1) is 18.1. The van der Waals surface area contributed by atoms with E-state index in [2.05, 4.69) is 25.7 Å². The molecule has 0 aliphatic carbocycles. The summed E-state index contributed by atoms with van der Waals surface area (Å²) in [5.41, 5.74) is 6.90. The molecule has 0 fully saturated rings. The fourth-order valence-electron chi connectivity index (χ4n) is 2.75. The number of hydrogen-bond acceptors (Lipinski definition) is 2. The molecule has 1 unspecified atom stereocenters. The van der Waals surface area contributed by atoms with Crippen LogP contribution in [0.25, 0.3) is 0 Å². The molecule has 1 aromatic rings. The van der Waals surface area contributed by atoms with Crippen LogP contribution < -0.4 is 5.73 Å². The van der Waals surface area contributed by atoms with E-state index in [1.807, 2.05) is 6.07 Å². The van der Waals surface area contributed by atoms with Gasteiger partial charge in [-0.1, -0.05) is 51.8 Å². The van der Waals surface area contributed by atoms with E-state index in [1.54, 1.807) is 12.1 Å². The number of nitrogens with zero attached hydrogens (tertiary/aromatic N) is 1. The molecule has 0 bridgehead atoms. The zero-order valence-corrected chi connectivity index (χ0v) is 13.4. The maximum atomic E-state index is 12.9. The summed E-state index contributed by atoms with van der Waals surface area (Å²) >= 11 is 0. The van der Waals surface area contributed by atoms with Gasteiger partial charge in [-0.2, -0.15) is 0 Å². The van der Waals surface area contributed by atoms with Crippen molar-refractivity contribution in [1.82, 2.24) is 4.90 Å². The van der Waals surface area contributed by atoms with Crippen LogP contribution in [0.4, 0.5) is 8.78 Å². The van der Waals surface area contributed by atoms with E-state index in [0.717, 1.165) is 31.5 Å². The Hall–Kier alpha value is -1.00. The summed E-state index contributed by atoms with van der Waals surface area (Å²) in [7, 11) is 0. The Morgan fingerprint density at radius 1 is 1.10 bits per heavy atom. The van der Waals surface area contributed by atoms with Crippen molar-refractivity contribution in [2.24, 2.45) is 11.7 Å². The lowest BCUT2D eigenvalue weighted by Crippen LogP contribution is -2.37. The van der Waals surface area contributed by atoms with Crippen molar-refractivity contribution < 1.29 is 8.78 Å². The van der Waals surface area contributed by atoms with Gasteiger partial charge in [0.1, 0.15) is 0 Å². The zero-order valence-electron chi connectivity index (χ0n) is 13.4. The molecule has 0 heterocycles. The SMILES string of the molecule is CCC(CC)CN(CC)C(CN)c1cccc(C(F)F)c1. The predicted molar refractivity (Wildman–Crippen MR) is 84.5 cm³/mol. The Morgan fingerprint density at radius 3 is 2.19 bits per heavy atom. The molecule has 2 N–H and O–H groups in total. The van der Waals surface area contributed by atoms with Crippen LogP contribution in [0.5, 0.6) is 0 Å². The van der Waals surface area contributed by atoms with Crippen molar-refractivity contribution in [2.45, 2.75) is 46.1 Å². The first-order valence-electron chi connectivity index (χ1n) is 7.89. The van der Waals surface area contributed by atoms with E-state index in [4.69, 9.17) is 5.73 Å². The quantitative estimate of drug-likeness (QED) is 0.733. The van der Waals surface area contributed by atoms with Gasteiger partial charge in [-0.15, -0.1) is 0 Å². The molecular formula is C17H28F2N2. The molecule has 2 nitrogen and oxygen atoms in total.